The van der Waals surface area contributed by atoms with Crippen molar-refractivity contribution in [2.75, 3.05) is 25.6 Å². The summed E-state index contributed by atoms with van der Waals surface area (Å²) >= 11 is 0. The minimum absolute atomic E-state index is 0.0323. The molecule has 0 saturated carbocycles. The van der Waals surface area contributed by atoms with Crippen LogP contribution in [0.4, 0.5) is 5.82 Å². The van der Waals surface area contributed by atoms with Crippen LogP contribution in [0, 0.1) is 19.3 Å². The molecule has 16 heavy (non-hydrogen) atoms. The standard InChI is InChI=1S/C11H18N4O/c1-7-6-8(2)15-11(9(7)10(12)13)14-4-5-16-3/h6H,4-5H2,1-3H3,(H3,12,13)(H,14,15). The largest absolute Gasteiger partial charge is 0.384 e. The van der Waals surface area contributed by atoms with E-state index in [1.54, 1.807) is 7.11 Å². The van der Waals surface area contributed by atoms with E-state index in [0.29, 0.717) is 24.5 Å². The van der Waals surface area contributed by atoms with Crippen LogP contribution in [0.2, 0.25) is 0 Å². The first-order valence-electron chi connectivity index (χ1n) is 5.11. The van der Waals surface area contributed by atoms with Crippen molar-refractivity contribution in [3.8, 4) is 0 Å². The summed E-state index contributed by atoms with van der Waals surface area (Å²) in [6, 6.07) is 1.91. The number of ether oxygens (including phenoxy) is 1. The van der Waals surface area contributed by atoms with Gasteiger partial charge in [0.15, 0.2) is 0 Å². The monoisotopic (exact) mass is 222 g/mol. The van der Waals surface area contributed by atoms with Crippen LogP contribution in [-0.4, -0.2) is 31.1 Å². The normalized spacial score (nSPS) is 10.2. The van der Waals surface area contributed by atoms with Crippen molar-refractivity contribution < 1.29 is 4.74 Å². The van der Waals surface area contributed by atoms with Crippen molar-refractivity contribution in [3.63, 3.8) is 0 Å². The van der Waals surface area contributed by atoms with Gasteiger partial charge in [-0.05, 0) is 25.5 Å². The fourth-order valence-electron chi connectivity index (χ4n) is 1.58. The number of hydrogen-bond acceptors (Lipinski definition) is 4. The zero-order valence-corrected chi connectivity index (χ0v) is 9.92. The second kappa shape index (κ2) is 5.46. The van der Waals surface area contributed by atoms with Crippen LogP contribution in [0.25, 0.3) is 0 Å². The Hall–Kier alpha value is -1.62. The zero-order valence-electron chi connectivity index (χ0n) is 9.92. The lowest BCUT2D eigenvalue weighted by atomic mass is 10.1. The number of nitrogens with zero attached hydrogens (tertiary/aromatic N) is 1. The third-order valence-corrected chi connectivity index (χ3v) is 2.21. The first kappa shape index (κ1) is 12.4. The van der Waals surface area contributed by atoms with Gasteiger partial charge in [0, 0.05) is 19.3 Å². The van der Waals surface area contributed by atoms with Crippen molar-refractivity contribution in [3.05, 3.63) is 22.9 Å². The first-order chi connectivity index (χ1) is 7.56. The number of amidine groups is 1. The van der Waals surface area contributed by atoms with E-state index in [4.69, 9.17) is 15.9 Å². The molecule has 0 aliphatic heterocycles. The van der Waals surface area contributed by atoms with E-state index in [1.807, 2.05) is 19.9 Å². The molecule has 0 aliphatic carbocycles. The molecule has 0 aromatic carbocycles. The fourth-order valence-corrected chi connectivity index (χ4v) is 1.58. The molecular weight excluding hydrogens is 204 g/mol. The van der Waals surface area contributed by atoms with Crippen molar-refractivity contribution >= 4 is 11.7 Å². The quantitative estimate of drug-likeness (QED) is 0.395. The number of nitrogens with one attached hydrogen (secondary N) is 2. The number of methoxy groups -OCH3 is 1. The molecule has 0 saturated heterocycles. The molecule has 4 N–H and O–H groups in total. The minimum Gasteiger partial charge on any atom is -0.384 e. The molecule has 0 radical (unpaired) electrons. The lowest BCUT2D eigenvalue weighted by molar-refractivity contribution is 0.210. The topological polar surface area (TPSA) is 84.0 Å². The van der Waals surface area contributed by atoms with Crippen LogP contribution >= 0.6 is 0 Å². The van der Waals surface area contributed by atoms with Crippen LogP contribution in [0.5, 0.6) is 0 Å². The molecule has 1 heterocycles. The van der Waals surface area contributed by atoms with Gasteiger partial charge in [-0.15, -0.1) is 0 Å². The molecule has 0 bridgehead atoms. The number of rotatable bonds is 5. The summed E-state index contributed by atoms with van der Waals surface area (Å²) in [5, 5.41) is 10.7. The van der Waals surface area contributed by atoms with Gasteiger partial charge in [-0.1, -0.05) is 0 Å². The van der Waals surface area contributed by atoms with Crippen LogP contribution in [0.15, 0.2) is 6.07 Å². The third-order valence-electron chi connectivity index (χ3n) is 2.21. The summed E-state index contributed by atoms with van der Waals surface area (Å²) in [4.78, 5) is 4.34. The molecule has 0 spiro atoms. The number of pyridine rings is 1. The van der Waals surface area contributed by atoms with Gasteiger partial charge in [0.25, 0.3) is 0 Å². The van der Waals surface area contributed by atoms with Gasteiger partial charge in [0.05, 0.1) is 12.2 Å². The van der Waals surface area contributed by atoms with Gasteiger partial charge in [-0.3, -0.25) is 5.41 Å². The minimum atomic E-state index is 0.0323. The van der Waals surface area contributed by atoms with Gasteiger partial charge in [0.2, 0.25) is 0 Å². The van der Waals surface area contributed by atoms with Crippen molar-refractivity contribution in [2.24, 2.45) is 5.73 Å². The lowest BCUT2D eigenvalue weighted by Gasteiger charge is -2.13. The Morgan fingerprint density at radius 3 is 2.81 bits per heavy atom. The highest BCUT2D eigenvalue weighted by Crippen LogP contribution is 2.17. The number of nitrogens with two attached hydrogens (primary N) is 1. The smallest absolute Gasteiger partial charge is 0.137 e. The lowest BCUT2D eigenvalue weighted by Crippen LogP contribution is -2.19. The van der Waals surface area contributed by atoms with Crippen LogP contribution in [0.1, 0.15) is 16.8 Å². The Morgan fingerprint density at radius 1 is 1.56 bits per heavy atom. The highest BCUT2D eigenvalue weighted by Gasteiger charge is 2.10. The van der Waals surface area contributed by atoms with Gasteiger partial charge >= 0.3 is 0 Å². The maximum absolute atomic E-state index is 7.53. The summed E-state index contributed by atoms with van der Waals surface area (Å²) in [6.45, 7) is 5.07. The maximum Gasteiger partial charge on any atom is 0.137 e. The van der Waals surface area contributed by atoms with Crippen molar-refractivity contribution in [2.45, 2.75) is 13.8 Å². The van der Waals surface area contributed by atoms with E-state index in [0.717, 1.165) is 11.3 Å². The van der Waals surface area contributed by atoms with Crippen LogP contribution in [0.3, 0.4) is 0 Å². The highest BCUT2D eigenvalue weighted by molar-refractivity contribution is 6.00. The van der Waals surface area contributed by atoms with Crippen molar-refractivity contribution in [1.82, 2.24) is 4.98 Å². The van der Waals surface area contributed by atoms with Gasteiger partial charge in [-0.25, -0.2) is 4.98 Å². The molecule has 0 amide bonds. The molecule has 0 fully saturated rings. The SMILES string of the molecule is COCCNc1nc(C)cc(C)c1C(=N)N. The number of aryl methyl sites for hydroxylation is 2. The number of aromatic nitrogens is 1. The van der Waals surface area contributed by atoms with E-state index in [9.17, 15) is 0 Å². The molecule has 1 rings (SSSR count). The predicted molar refractivity (Wildman–Crippen MR) is 65.1 cm³/mol. The van der Waals surface area contributed by atoms with E-state index in [1.165, 1.54) is 0 Å². The van der Waals surface area contributed by atoms with Crippen LogP contribution < -0.4 is 11.1 Å². The Balaban J connectivity index is 2.99. The Morgan fingerprint density at radius 2 is 2.25 bits per heavy atom. The summed E-state index contributed by atoms with van der Waals surface area (Å²) < 4.78 is 4.95. The third kappa shape index (κ3) is 2.93. The van der Waals surface area contributed by atoms with Crippen LogP contribution in [-0.2, 0) is 4.74 Å². The number of hydrogen-bond donors (Lipinski definition) is 3. The molecule has 1 aromatic heterocycles. The molecule has 1 aromatic rings. The van der Waals surface area contributed by atoms with Gasteiger partial charge in [-0.2, -0.15) is 0 Å². The van der Waals surface area contributed by atoms with E-state index < -0.39 is 0 Å². The number of nitrogen functional groups attached to an aromatic ring is 1. The van der Waals surface area contributed by atoms with Gasteiger partial charge in [0.1, 0.15) is 11.7 Å². The summed E-state index contributed by atoms with van der Waals surface area (Å²) in [5.74, 6) is 0.687. The molecule has 88 valence electrons. The molecule has 5 nitrogen and oxygen atoms in total. The molecule has 0 unspecified atom stereocenters. The Kier molecular flexibility index (Phi) is 4.25. The molecule has 5 heteroatoms. The maximum atomic E-state index is 7.53. The Bertz CT molecular complexity index is 390. The summed E-state index contributed by atoms with van der Waals surface area (Å²) in [7, 11) is 1.64. The Labute approximate surface area is 95.5 Å². The average Bonchev–Trinajstić information content (AvgIpc) is 2.16. The van der Waals surface area contributed by atoms with E-state index in [2.05, 4.69) is 10.3 Å². The molecular formula is C11H18N4O. The number of anilines is 1. The first-order valence-corrected chi connectivity index (χ1v) is 5.11. The molecule has 0 atom stereocenters. The highest BCUT2D eigenvalue weighted by atomic mass is 16.5. The molecule has 0 aliphatic rings. The summed E-state index contributed by atoms with van der Waals surface area (Å²) in [6.07, 6.45) is 0. The summed E-state index contributed by atoms with van der Waals surface area (Å²) in [5.41, 5.74) is 8.07. The zero-order chi connectivity index (χ0) is 12.1. The average molecular weight is 222 g/mol. The predicted octanol–water partition coefficient (Wildman–Crippen LogP) is 1.04. The van der Waals surface area contributed by atoms with E-state index >= 15 is 0 Å². The fraction of sp³-hybridized carbons (Fsp3) is 0.455. The van der Waals surface area contributed by atoms with Gasteiger partial charge < -0.3 is 15.8 Å². The second-order valence-electron chi connectivity index (χ2n) is 3.64. The van der Waals surface area contributed by atoms with Crippen molar-refractivity contribution in [1.29, 1.82) is 5.41 Å². The van der Waals surface area contributed by atoms with E-state index in [-0.39, 0.29) is 5.84 Å². The second-order valence-corrected chi connectivity index (χ2v) is 3.64.